The summed E-state index contributed by atoms with van der Waals surface area (Å²) in [5, 5.41) is 21.1. The third-order valence-electron chi connectivity index (χ3n) is 3.14. The zero-order valence-corrected chi connectivity index (χ0v) is 11.8. The summed E-state index contributed by atoms with van der Waals surface area (Å²) in [4.78, 5) is 10.9. The van der Waals surface area contributed by atoms with Crippen LogP contribution in [0.3, 0.4) is 0 Å². The Balaban J connectivity index is 2.61. The van der Waals surface area contributed by atoms with Crippen LogP contribution in [0.1, 0.15) is 31.4 Å². The van der Waals surface area contributed by atoms with Crippen LogP contribution in [0.5, 0.6) is 5.75 Å². The lowest BCUT2D eigenvalue weighted by Gasteiger charge is -2.19. The molecule has 1 aromatic rings. The minimum absolute atomic E-state index is 0.118. The number of hydrogen-bond donors (Lipinski definition) is 3. The molecule has 0 aliphatic rings. The first-order chi connectivity index (χ1) is 9.52. The SMILES string of the molecule is CC(C)(CCNCc1cc(O)cc(C(F)(F)F)c1)C(=O)O. The zero-order chi connectivity index (χ0) is 16.3. The summed E-state index contributed by atoms with van der Waals surface area (Å²) < 4.78 is 37.8. The Morgan fingerprint density at radius 2 is 1.86 bits per heavy atom. The lowest BCUT2D eigenvalue weighted by atomic mass is 9.90. The van der Waals surface area contributed by atoms with Crippen molar-refractivity contribution in [3.05, 3.63) is 29.3 Å². The molecule has 118 valence electrons. The quantitative estimate of drug-likeness (QED) is 0.707. The fourth-order valence-electron chi connectivity index (χ4n) is 1.68. The molecule has 21 heavy (non-hydrogen) atoms. The summed E-state index contributed by atoms with van der Waals surface area (Å²) in [6, 6.07) is 2.86. The van der Waals surface area contributed by atoms with Crippen molar-refractivity contribution < 1.29 is 28.2 Å². The Morgan fingerprint density at radius 1 is 1.24 bits per heavy atom. The topological polar surface area (TPSA) is 69.6 Å². The number of carbonyl (C=O) groups is 1. The number of halogens is 3. The van der Waals surface area contributed by atoms with E-state index < -0.39 is 28.9 Å². The van der Waals surface area contributed by atoms with E-state index in [0.29, 0.717) is 19.0 Å². The van der Waals surface area contributed by atoms with Crippen molar-refractivity contribution in [2.24, 2.45) is 5.41 Å². The summed E-state index contributed by atoms with van der Waals surface area (Å²) >= 11 is 0. The number of aliphatic carboxylic acids is 1. The minimum Gasteiger partial charge on any atom is -0.508 e. The molecule has 0 aromatic heterocycles. The van der Waals surface area contributed by atoms with Gasteiger partial charge in [-0.1, -0.05) is 0 Å². The van der Waals surface area contributed by atoms with Crippen molar-refractivity contribution in [2.75, 3.05) is 6.54 Å². The Morgan fingerprint density at radius 3 is 2.38 bits per heavy atom. The van der Waals surface area contributed by atoms with E-state index in [1.807, 2.05) is 0 Å². The van der Waals surface area contributed by atoms with Gasteiger partial charge >= 0.3 is 12.1 Å². The molecule has 0 bridgehead atoms. The van der Waals surface area contributed by atoms with Crippen LogP contribution >= 0.6 is 0 Å². The van der Waals surface area contributed by atoms with Crippen LogP contribution in [-0.2, 0) is 17.5 Å². The first kappa shape index (κ1) is 17.3. The van der Waals surface area contributed by atoms with Gasteiger partial charge in [-0.2, -0.15) is 13.2 Å². The number of aromatic hydroxyl groups is 1. The fourth-order valence-corrected chi connectivity index (χ4v) is 1.68. The molecule has 0 fully saturated rings. The second kappa shape index (κ2) is 6.34. The number of nitrogens with one attached hydrogen (secondary N) is 1. The van der Waals surface area contributed by atoms with E-state index in [1.54, 1.807) is 13.8 Å². The summed E-state index contributed by atoms with van der Waals surface area (Å²) in [7, 11) is 0. The van der Waals surface area contributed by atoms with E-state index in [9.17, 15) is 23.1 Å². The predicted molar refractivity (Wildman–Crippen MR) is 70.8 cm³/mol. The van der Waals surface area contributed by atoms with Crippen molar-refractivity contribution in [3.8, 4) is 5.75 Å². The maximum absolute atomic E-state index is 12.6. The summed E-state index contributed by atoms with van der Waals surface area (Å²) in [5.74, 6) is -1.38. The van der Waals surface area contributed by atoms with Gasteiger partial charge in [0, 0.05) is 6.54 Å². The molecule has 3 N–H and O–H groups in total. The largest absolute Gasteiger partial charge is 0.508 e. The Kier molecular flexibility index (Phi) is 5.22. The molecule has 0 heterocycles. The monoisotopic (exact) mass is 305 g/mol. The highest BCUT2D eigenvalue weighted by Gasteiger charge is 2.31. The second-order valence-corrected chi connectivity index (χ2v) is 5.50. The number of rotatable bonds is 6. The average molecular weight is 305 g/mol. The zero-order valence-electron chi connectivity index (χ0n) is 11.8. The van der Waals surface area contributed by atoms with Gasteiger partial charge in [0.05, 0.1) is 11.0 Å². The minimum atomic E-state index is -4.52. The smallest absolute Gasteiger partial charge is 0.416 e. The van der Waals surface area contributed by atoms with Crippen molar-refractivity contribution in [2.45, 2.75) is 33.0 Å². The van der Waals surface area contributed by atoms with Crippen LogP contribution < -0.4 is 5.32 Å². The van der Waals surface area contributed by atoms with Gasteiger partial charge < -0.3 is 15.5 Å². The van der Waals surface area contributed by atoms with Gasteiger partial charge in [0.15, 0.2) is 0 Å². The highest BCUT2D eigenvalue weighted by atomic mass is 19.4. The molecule has 0 unspecified atom stereocenters. The molecule has 0 atom stereocenters. The maximum atomic E-state index is 12.6. The summed E-state index contributed by atoms with van der Waals surface area (Å²) in [5.41, 5.74) is -1.52. The van der Waals surface area contributed by atoms with Gasteiger partial charge in [0.1, 0.15) is 5.75 Å². The van der Waals surface area contributed by atoms with Crippen molar-refractivity contribution in [1.29, 1.82) is 0 Å². The number of carboxylic acids is 1. The van der Waals surface area contributed by atoms with Crippen LogP contribution in [0.25, 0.3) is 0 Å². The van der Waals surface area contributed by atoms with E-state index in [4.69, 9.17) is 5.11 Å². The third kappa shape index (κ3) is 5.26. The molecule has 4 nitrogen and oxygen atoms in total. The van der Waals surface area contributed by atoms with Gasteiger partial charge in [-0.05, 0) is 50.6 Å². The molecule has 0 aliphatic heterocycles. The Labute approximate surface area is 120 Å². The Hall–Kier alpha value is -1.76. The average Bonchev–Trinajstić information content (AvgIpc) is 2.33. The van der Waals surface area contributed by atoms with Crippen molar-refractivity contribution in [1.82, 2.24) is 5.32 Å². The lowest BCUT2D eigenvalue weighted by Crippen LogP contribution is -2.28. The number of benzene rings is 1. The molecule has 1 aromatic carbocycles. The normalized spacial score (nSPS) is 12.4. The molecule has 7 heteroatoms. The molecule has 0 saturated carbocycles. The van der Waals surface area contributed by atoms with Crippen molar-refractivity contribution >= 4 is 5.97 Å². The van der Waals surface area contributed by atoms with E-state index in [2.05, 4.69) is 5.32 Å². The predicted octanol–water partition coefficient (Wildman–Crippen LogP) is 3.00. The standard InChI is InChI=1S/C14H18F3NO3/c1-13(2,12(20)21)3-4-18-8-9-5-10(14(15,16)17)7-11(19)6-9/h5-7,18-19H,3-4,8H2,1-2H3,(H,20,21). The molecule has 0 radical (unpaired) electrons. The first-order valence-corrected chi connectivity index (χ1v) is 6.36. The highest BCUT2D eigenvalue weighted by molar-refractivity contribution is 5.73. The number of phenolic OH excluding ortho intramolecular Hbond substituents is 1. The van der Waals surface area contributed by atoms with Crippen molar-refractivity contribution in [3.63, 3.8) is 0 Å². The molecular formula is C14H18F3NO3. The van der Waals surface area contributed by atoms with Crippen LogP contribution in [-0.4, -0.2) is 22.7 Å². The number of alkyl halides is 3. The molecular weight excluding hydrogens is 287 g/mol. The van der Waals surface area contributed by atoms with E-state index >= 15 is 0 Å². The van der Waals surface area contributed by atoms with E-state index in [0.717, 1.165) is 6.07 Å². The van der Waals surface area contributed by atoms with Gasteiger partial charge in [0.25, 0.3) is 0 Å². The van der Waals surface area contributed by atoms with Crippen LogP contribution in [0.2, 0.25) is 0 Å². The van der Waals surface area contributed by atoms with Crippen LogP contribution in [0.15, 0.2) is 18.2 Å². The fraction of sp³-hybridized carbons (Fsp3) is 0.500. The van der Waals surface area contributed by atoms with E-state index in [-0.39, 0.29) is 12.1 Å². The maximum Gasteiger partial charge on any atom is 0.416 e. The molecule has 0 aliphatic carbocycles. The molecule has 0 spiro atoms. The van der Waals surface area contributed by atoms with E-state index in [1.165, 1.54) is 6.07 Å². The summed E-state index contributed by atoms with van der Waals surface area (Å²) in [6.45, 7) is 3.61. The van der Waals surface area contributed by atoms with Gasteiger partial charge in [0.2, 0.25) is 0 Å². The first-order valence-electron chi connectivity index (χ1n) is 6.36. The second-order valence-electron chi connectivity index (χ2n) is 5.50. The molecule has 0 saturated heterocycles. The van der Waals surface area contributed by atoms with Gasteiger partial charge in [-0.15, -0.1) is 0 Å². The molecule has 1 rings (SSSR count). The highest BCUT2D eigenvalue weighted by Crippen LogP contribution is 2.32. The number of phenols is 1. The molecule has 0 amide bonds. The third-order valence-corrected chi connectivity index (χ3v) is 3.14. The number of carboxylic acid groups (broad SMARTS) is 1. The number of hydrogen-bond acceptors (Lipinski definition) is 3. The lowest BCUT2D eigenvalue weighted by molar-refractivity contribution is -0.147. The Bertz CT molecular complexity index is 513. The summed E-state index contributed by atoms with van der Waals surface area (Å²) in [6.07, 6.45) is -4.17. The van der Waals surface area contributed by atoms with Crippen LogP contribution in [0.4, 0.5) is 13.2 Å². The van der Waals surface area contributed by atoms with Gasteiger partial charge in [-0.3, -0.25) is 4.79 Å². The van der Waals surface area contributed by atoms with Crippen LogP contribution in [0, 0.1) is 5.41 Å². The van der Waals surface area contributed by atoms with Gasteiger partial charge in [-0.25, -0.2) is 0 Å².